The lowest BCUT2D eigenvalue weighted by Crippen LogP contribution is -1.80. The number of hydrazone groups is 1. The molecule has 1 aromatic heterocycles. The number of thiophene rings is 1. The molecule has 4 heteroatoms. The molecular formula is C6H8N2OS. The van der Waals surface area contributed by atoms with Crippen LogP contribution in [0.25, 0.3) is 0 Å². The average Bonchev–Trinajstić information content (AvgIpc) is 2.37. The molecule has 2 N–H and O–H groups in total. The van der Waals surface area contributed by atoms with Gasteiger partial charge in [0.25, 0.3) is 0 Å². The Morgan fingerprint density at radius 1 is 1.70 bits per heavy atom. The SMILES string of the molecule is COc1ccc(/C=N/N)s1. The van der Waals surface area contributed by atoms with Gasteiger partial charge in [0.1, 0.15) is 0 Å². The Kier molecular flexibility index (Phi) is 2.28. The zero-order chi connectivity index (χ0) is 7.40. The first-order valence-electron chi connectivity index (χ1n) is 2.74. The highest BCUT2D eigenvalue weighted by molar-refractivity contribution is 7.15. The number of methoxy groups -OCH3 is 1. The summed E-state index contributed by atoms with van der Waals surface area (Å²) in [5.41, 5.74) is 0. The van der Waals surface area contributed by atoms with Crippen molar-refractivity contribution >= 4 is 17.6 Å². The molecule has 0 amide bonds. The molecule has 0 saturated heterocycles. The van der Waals surface area contributed by atoms with Gasteiger partial charge in [-0.2, -0.15) is 5.10 Å². The van der Waals surface area contributed by atoms with E-state index in [-0.39, 0.29) is 0 Å². The average molecular weight is 156 g/mol. The van der Waals surface area contributed by atoms with E-state index in [0.717, 1.165) is 9.94 Å². The van der Waals surface area contributed by atoms with Crippen LogP contribution in [0.1, 0.15) is 4.88 Å². The van der Waals surface area contributed by atoms with Crippen LogP contribution in [0.15, 0.2) is 17.2 Å². The molecular weight excluding hydrogens is 148 g/mol. The fraction of sp³-hybridized carbons (Fsp3) is 0.167. The van der Waals surface area contributed by atoms with Crippen LogP contribution in [0.3, 0.4) is 0 Å². The number of nitrogens with zero attached hydrogens (tertiary/aromatic N) is 1. The fourth-order valence-corrected chi connectivity index (χ4v) is 1.29. The number of nitrogens with two attached hydrogens (primary N) is 1. The summed E-state index contributed by atoms with van der Waals surface area (Å²) in [6.07, 6.45) is 1.59. The molecule has 1 rings (SSSR count). The Hall–Kier alpha value is -1.03. The zero-order valence-corrected chi connectivity index (χ0v) is 6.39. The molecule has 0 aliphatic carbocycles. The third kappa shape index (κ3) is 1.48. The van der Waals surface area contributed by atoms with Crippen LogP contribution in [0, 0.1) is 0 Å². The maximum Gasteiger partial charge on any atom is 0.173 e. The number of hydrogen-bond donors (Lipinski definition) is 1. The van der Waals surface area contributed by atoms with Crippen molar-refractivity contribution < 1.29 is 4.74 Å². The van der Waals surface area contributed by atoms with Gasteiger partial charge in [-0.15, -0.1) is 0 Å². The number of hydrogen-bond acceptors (Lipinski definition) is 4. The van der Waals surface area contributed by atoms with E-state index >= 15 is 0 Å². The summed E-state index contributed by atoms with van der Waals surface area (Å²) in [5.74, 6) is 4.95. The minimum atomic E-state index is 0.870. The van der Waals surface area contributed by atoms with Gasteiger partial charge in [-0.1, -0.05) is 11.3 Å². The maximum atomic E-state index is 4.96. The largest absolute Gasteiger partial charge is 0.487 e. The minimum absolute atomic E-state index is 0.870. The first-order valence-corrected chi connectivity index (χ1v) is 3.55. The van der Waals surface area contributed by atoms with Crippen LogP contribution in [-0.2, 0) is 0 Å². The van der Waals surface area contributed by atoms with Crippen molar-refractivity contribution in [1.82, 2.24) is 0 Å². The highest BCUT2D eigenvalue weighted by atomic mass is 32.1. The van der Waals surface area contributed by atoms with Gasteiger partial charge in [-0.3, -0.25) is 0 Å². The molecule has 10 heavy (non-hydrogen) atoms. The number of rotatable bonds is 2. The topological polar surface area (TPSA) is 47.6 Å². The van der Waals surface area contributed by atoms with Crippen LogP contribution >= 0.6 is 11.3 Å². The molecule has 1 aromatic rings. The lowest BCUT2D eigenvalue weighted by atomic mass is 10.5. The van der Waals surface area contributed by atoms with E-state index in [2.05, 4.69) is 5.10 Å². The predicted octanol–water partition coefficient (Wildman–Crippen LogP) is 1.05. The summed E-state index contributed by atoms with van der Waals surface area (Å²) >= 11 is 1.51. The highest BCUT2D eigenvalue weighted by Gasteiger charge is 1.94. The van der Waals surface area contributed by atoms with E-state index in [1.54, 1.807) is 13.3 Å². The van der Waals surface area contributed by atoms with Gasteiger partial charge in [0.15, 0.2) is 5.06 Å². The fourth-order valence-electron chi connectivity index (χ4n) is 0.587. The second-order valence-corrected chi connectivity index (χ2v) is 2.72. The third-order valence-corrected chi connectivity index (χ3v) is 1.99. The van der Waals surface area contributed by atoms with E-state index in [1.807, 2.05) is 12.1 Å². The van der Waals surface area contributed by atoms with Crippen LogP contribution < -0.4 is 10.6 Å². The smallest absolute Gasteiger partial charge is 0.173 e. The monoisotopic (exact) mass is 156 g/mol. The Bertz CT molecular complexity index is 231. The van der Waals surface area contributed by atoms with E-state index in [0.29, 0.717) is 0 Å². The van der Waals surface area contributed by atoms with E-state index in [1.165, 1.54) is 11.3 Å². The summed E-state index contributed by atoms with van der Waals surface area (Å²) in [4.78, 5) is 0.999. The van der Waals surface area contributed by atoms with Crippen molar-refractivity contribution in [2.75, 3.05) is 7.11 Å². The van der Waals surface area contributed by atoms with Gasteiger partial charge in [0.2, 0.25) is 0 Å². The second kappa shape index (κ2) is 3.22. The lowest BCUT2D eigenvalue weighted by molar-refractivity contribution is 0.427. The van der Waals surface area contributed by atoms with E-state index in [4.69, 9.17) is 10.6 Å². The Morgan fingerprint density at radius 2 is 2.50 bits per heavy atom. The van der Waals surface area contributed by atoms with E-state index in [9.17, 15) is 0 Å². The van der Waals surface area contributed by atoms with Crippen LogP contribution in [-0.4, -0.2) is 13.3 Å². The van der Waals surface area contributed by atoms with Gasteiger partial charge < -0.3 is 10.6 Å². The van der Waals surface area contributed by atoms with Gasteiger partial charge >= 0.3 is 0 Å². The zero-order valence-electron chi connectivity index (χ0n) is 5.57. The molecule has 0 spiro atoms. The summed E-state index contributed by atoms with van der Waals surface area (Å²) in [6.45, 7) is 0. The highest BCUT2D eigenvalue weighted by Crippen LogP contribution is 2.21. The van der Waals surface area contributed by atoms with Gasteiger partial charge in [0.05, 0.1) is 18.2 Å². The summed E-state index contributed by atoms with van der Waals surface area (Å²) in [7, 11) is 1.63. The summed E-state index contributed by atoms with van der Waals surface area (Å²) < 4.78 is 4.96. The van der Waals surface area contributed by atoms with Crippen molar-refractivity contribution in [1.29, 1.82) is 0 Å². The molecule has 54 valence electrons. The summed E-state index contributed by atoms with van der Waals surface area (Å²) in [6, 6.07) is 3.78. The quantitative estimate of drug-likeness (QED) is 0.395. The molecule has 0 unspecified atom stereocenters. The van der Waals surface area contributed by atoms with E-state index < -0.39 is 0 Å². The molecule has 0 radical (unpaired) electrons. The molecule has 0 aliphatic rings. The van der Waals surface area contributed by atoms with Gasteiger partial charge in [0, 0.05) is 0 Å². The van der Waals surface area contributed by atoms with Crippen LogP contribution in [0.5, 0.6) is 5.06 Å². The van der Waals surface area contributed by atoms with Crippen molar-refractivity contribution in [3.05, 3.63) is 17.0 Å². The standard InChI is InChI=1S/C6H8N2OS/c1-9-6-3-2-5(10-6)4-8-7/h2-4H,7H2,1H3/b8-4+. The second-order valence-electron chi connectivity index (χ2n) is 1.64. The molecule has 0 bridgehead atoms. The third-order valence-electron chi connectivity index (χ3n) is 1.01. The molecule has 0 fully saturated rings. The van der Waals surface area contributed by atoms with Crippen molar-refractivity contribution in [3.63, 3.8) is 0 Å². The van der Waals surface area contributed by atoms with Gasteiger partial charge in [-0.05, 0) is 12.1 Å². The van der Waals surface area contributed by atoms with Gasteiger partial charge in [-0.25, -0.2) is 0 Å². The van der Waals surface area contributed by atoms with Crippen molar-refractivity contribution in [3.8, 4) is 5.06 Å². The van der Waals surface area contributed by atoms with Crippen LogP contribution in [0.4, 0.5) is 0 Å². The maximum absolute atomic E-state index is 4.96. The Morgan fingerprint density at radius 3 is 3.00 bits per heavy atom. The first kappa shape index (κ1) is 7.08. The van der Waals surface area contributed by atoms with Crippen molar-refractivity contribution in [2.45, 2.75) is 0 Å². The number of ether oxygens (including phenoxy) is 1. The molecule has 0 aromatic carbocycles. The normalized spacial score (nSPS) is 10.5. The molecule has 0 atom stereocenters. The Balaban J connectivity index is 2.78. The molecule has 1 heterocycles. The summed E-state index contributed by atoms with van der Waals surface area (Å²) in [5, 5.41) is 4.25. The van der Waals surface area contributed by atoms with Crippen molar-refractivity contribution in [2.24, 2.45) is 10.9 Å². The predicted molar refractivity (Wildman–Crippen MR) is 42.7 cm³/mol. The molecule has 3 nitrogen and oxygen atoms in total. The molecule has 0 saturated carbocycles. The Labute approximate surface area is 63.1 Å². The first-order chi connectivity index (χ1) is 4.86. The van der Waals surface area contributed by atoms with Crippen LogP contribution in [0.2, 0.25) is 0 Å². The lowest BCUT2D eigenvalue weighted by Gasteiger charge is -1.87. The minimum Gasteiger partial charge on any atom is -0.487 e. The molecule has 0 aliphatic heterocycles.